The highest BCUT2D eigenvalue weighted by Crippen LogP contribution is 2.36. The summed E-state index contributed by atoms with van der Waals surface area (Å²) in [7, 11) is 0. The number of nitrogens with one attached hydrogen (secondary N) is 2. The summed E-state index contributed by atoms with van der Waals surface area (Å²) in [6, 6.07) is 4.68. The van der Waals surface area contributed by atoms with Crippen LogP contribution in [0.3, 0.4) is 0 Å². The number of pyridine rings is 1. The Morgan fingerprint density at radius 1 is 0.764 bits per heavy atom. The van der Waals surface area contributed by atoms with E-state index in [9.17, 15) is 55.4 Å². The fraction of sp³-hybridized carbons (Fsp3) is 0.188. The summed E-state index contributed by atoms with van der Waals surface area (Å²) in [5, 5.41) is 23.5. The lowest BCUT2D eigenvalue weighted by atomic mass is 10.0. The molecule has 3 aromatic rings. The maximum absolute atomic E-state index is 14.1. The zero-order valence-corrected chi connectivity index (χ0v) is 28.2. The number of rotatable bonds is 14. The number of nitrogens with zero attached hydrogens (tertiary/aromatic N) is 3. The minimum absolute atomic E-state index is 0.107. The van der Waals surface area contributed by atoms with E-state index in [0.29, 0.717) is 28.2 Å². The summed E-state index contributed by atoms with van der Waals surface area (Å²) in [5.41, 5.74) is 10.5. The maximum Gasteiger partial charge on any atom is 0.417 e. The van der Waals surface area contributed by atoms with Crippen LogP contribution in [0.25, 0.3) is 11.4 Å². The van der Waals surface area contributed by atoms with Gasteiger partial charge in [0.1, 0.15) is 6.04 Å². The molecule has 0 aliphatic heterocycles. The fourth-order valence-electron chi connectivity index (χ4n) is 4.68. The summed E-state index contributed by atoms with van der Waals surface area (Å²) in [4.78, 5) is 63.5. The zero-order valence-electron chi connectivity index (χ0n) is 28.2. The molecule has 1 aromatic heterocycles. The number of aromatic nitrogens is 1. The minimum atomic E-state index is -5.21. The number of anilines is 2. The van der Waals surface area contributed by atoms with Gasteiger partial charge < -0.3 is 38.0 Å². The monoisotopic (exact) mass is 782 g/mol. The topological polar surface area (TPSA) is 299 Å². The van der Waals surface area contributed by atoms with Crippen molar-refractivity contribution in [3.05, 3.63) is 100 Å². The Morgan fingerprint density at radius 2 is 1.22 bits per heavy atom. The minimum Gasteiger partial charge on any atom is -0.481 e. The fourth-order valence-corrected chi connectivity index (χ4v) is 4.68. The molecule has 55 heavy (non-hydrogen) atoms. The number of carbonyl (C=O) groups is 5. The number of amides is 3. The smallest absolute Gasteiger partial charge is 0.417 e. The summed E-state index contributed by atoms with van der Waals surface area (Å²) < 4.78 is 83.1. The molecule has 3 amide bonds. The van der Waals surface area contributed by atoms with Crippen molar-refractivity contribution in [3.63, 3.8) is 0 Å². The van der Waals surface area contributed by atoms with Gasteiger partial charge in [0.2, 0.25) is 5.91 Å². The normalized spacial score (nSPS) is 12.7. The van der Waals surface area contributed by atoms with Gasteiger partial charge >= 0.3 is 24.3 Å². The number of hydrazine groups is 2. The Bertz CT molecular complexity index is 2070. The lowest BCUT2D eigenvalue weighted by molar-refractivity contribution is -0.145. The van der Waals surface area contributed by atoms with Crippen molar-refractivity contribution < 1.29 is 60.5 Å². The van der Waals surface area contributed by atoms with E-state index in [2.05, 4.69) is 10.3 Å². The molecule has 0 saturated heterocycles. The molecule has 0 bridgehead atoms. The number of hydrogen-bond donors (Lipinski definition) is 9. The van der Waals surface area contributed by atoms with Crippen molar-refractivity contribution in [2.45, 2.75) is 31.7 Å². The molecule has 0 radical (unpaired) electrons. The van der Waals surface area contributed by atoms with E-state index < -0.39 is 82.4 Å². The van der Waals surface area contributed by atoms with E-state index in [4.69, 9.17) is 34.0 Å². The van der Waals surface area contributed by atoms with Crippen molar-refractivity contribution in [3.8, 4) is 0 Å². The number of carboxylic acids is 2. The molecule has 3 rings (SSSR count). The number of carbonyl (C=O) groups excluding carboxylic acids is 3. The molecular weight excluding hydrogens is 750 g/mol. The van der Waals surface area contributed by atoms with Crippen LogP contribution in [0.15, 0.2) is 60.9 Å². The molecule has 294 valence electrons. The number of carboxylic acid groups (broad SMARTS) is 2. The largest absolute Gasteiger partial charge is 0.481 e. The van der Waals surface area contributed by atoms with Crippen molar-refractivity contribution in [1.82, 2.24) is 15.6 Å². The first kappa shape index (κ1) is 42.5. The molecule has 1 heterocycles. The van der Waals surface area contributed by atoms with Gasteiger partial charge in [-0.05, 0) is 55.5 Å². The molecule has 0 aliphatic rings. The SMILES string of the molecule is CCNC(=O)c1cc(/C(N)=C/N(N)c2ccc(C(N)=O)c(C(F)(F)F)c2)nc(/C(N)=C/N(N)c2ccc(C(=O)NC(CC(=O)O)C(=O)O)c(C(F)(F)F)c2)c1. The van der Waals surface area contributed by atoms with E-state index >= 15 is 0 Å². The average molecular weight is 783 g/mol. The van der Waals surface area contributed by atoms with Crippen molar-refractivity contribution in [1.29, 1.82) is 0 Å². The predicted octanol–water partition coefficient (Wildman–Crippen LogP) is 1.90. The van der Waals surface area contributed by atoms with Gasteiger partial charge in [-0.15, -0.1) is 0 Å². The van der Waals surface area contributed by atoms with Gasteiger partial charge in [0.25, 0.3) is 11.8 Å². The number of halogens is 6. The van der Waals surface area contributed by atoms with E-state index in [1.165, 1.54) is 6.07 Å². The van der Waals surface area contributed by atoms with Crippen LogP contribution in [0, 0.1) is 0 Å². The van der Waals surface area contributed by atoms with Gasteiger partial charge in [-0.2, -0.15) is 26.3 Å². The molecule has 0 aliphatic carbocycles. The standard InChI is InChI=1S/C32H32F6N10O7/c1-2-44-28(52)14-7-23(21(39)12-47(42)15-3-5-17(27(41)51)19(9-15)31(33,34)35)45-24(8-14)22(40)13-48(43)16-4-6-18(20(10-16)32(36,37)38)29(53)46-25(30(54)55)11-26(49)50/h3-10,12-13,25H,2,11,39-40,42-43H2,1H3,(H2,41,51)(H,44,52)(H,46,53)(H,49,50)(H,54,55)/b21-12-,22-13-. The summed E-state index contributed by atoms with van der Waals surface area (Å²) in [6.45, 7) is 1.76. The number of nitrogens with two attached hydrogens (primary N) is 5. The van der Waals surface area contributed by atoms with Crippen LogP contribution in [0.1, 0.15) is 66.9 Å². The third kappa shape index (κ3) is 10.8. The van der Waals surface area contributed by atoms with Gasteiger partial charge in [-0.1, -0.05) is 0 Å². The van der Waals surface area contributed by atoms with Crippen molar-refractivity contribution in [2.24, 2.45) is 28.9 Å². The maximum atomic E-state index is 14.1. The second kappa shape index (κ2) is 16.9. The van der Waals surface area contributed by atoms with Crippen molar-refractivity contribution >= 4 is 52.4 Å². The van der Waals surface area contributed by atoms with Gasteiger partial charge in [0.15, 0.2) is 0 Å². The van der Waals surface area contributed by atoms with E-state index in [-0.39, 0.29) is 40.6 Å². The molecule has 23 heteroatoms. The Labute approximate surface area is 306 Å². The van der Waals surface area contributed by atoms with Crippen LogP contribution in [-0.4, -0.2) is 57.4 Å². The molecule has 14 N–H and O–H groups in total. The van der Waals surface area contributed by atoms with Crippen LogP contribution in [-0.2, 0) is 21.9 Å². The van der Waals surface area contributed by atoms with Gasteiger partial charge in [-0.25, -0.2) is 21.5 Å². The van der Waals surface area contributed by atoms with Crippen LogP contribution in [0.4, 0.5) is 37.7 Å². The van der Waals surface area contributed by atoms with Crippen LogP contribution in [0.2, 0.25) is 0 Å². The third-order valence-corrected chi connectivity index (χ3v) is 7.28. The number of hydrogen-bond acceptors (Lipinski definition) is 12. The second-order valence-corrected chi connectivity index (χ2v) is 11.3. The molecule has 0 spiro atoms. The number of benzene rings is 2. The first-order valence-electron chi connectivity index (χ1n) is 15.3. The van der Waals surface area contributed by atoms with E-state index in [1.807, 2.05) is 0 Å². The Hall–Kier alpha value is -6.88. The summed E-state index contributed by atoms with van der Waals surface area (Å²) >= 11 is 0. The Kier molecular flexibility index (Phi) is 13.0. The first-order valence-corrected chi connectivity index (χ1v) is 15.3. The Morgan fingerprint density at radius 3 is 1.62 bits per heavy atom. The van der Waals surface area contributed by atoms with E-state index in [1.54, 1.807) is 12.2 Å². The average Bonchev–Trinajstić information content (AvgIpc) is 3.09. The van der Waals surface area contributed by atoms with Crippen molar-refractivity contribution in [2.75, 3.05) is 16.6 Å². The summed E-state index contributed by atoms with van der Waals surface area (Å²) in [6.07, 6.45) is -9.52. The predicted molar refractivity (Wildman–Crippen MR) is 182 cm³/mol. The number of aliphatic carboxylic acids is 2. The lowest BCUT2D eigenvalue weighted by Gasteiger charge is -2.20. The van der Waals surface area contributed by atoms with Crippen LogP contribution in [0.5, 0.6) is 0 Å². The van der Waals surface area contributed by atoms with Crippen LogP contribution >= 0.6 is 0 Å². The van der Waals surface area contributed by atoms with Gasteiger partial charge in [0, 0.05) is 24.5 Å². The zero-order chi connectivity index (χ0) is 41.6. The summed E-state index contributed by atoms with van der Waals surface area (Å²) in [5.74, 6) is 4.92. The number of primary amides is 1. The molecule has 0 fully saturated rings. The molecule has 0 saturated carbocycles. The Balaban J connectivity index is 2.05. The lowest BCUT2D eigenvalue weighted by Crippen LogP contribution is -2.42. The third-order valence-electron chi connectivity index (χ3n) is 7.28. The van der Waals surface area contributed by atoms with Gasteiger partial charge in [-0.3, -0.25) is 29.2 Å². The molecule has 2 aromatic carbocycles. The highest BCUT2D eigenvalue weighted by atomic mass is 19.4. The molecule has 1 unspecified atom stereocenters. The molecule has 17 nitrogen and oxygen atoms in total. The molecule has 1 atom stereocenters. The number of alkyl halides is 6. The van der Waals surface area contributed by atoms with E-state index in [0.717, 1.165) is 36.7 Å². The first-order chi connectivity index (χ1) is 25.4. The molecular formula is C32H32F6N10O7. The highest BCUT2D eigenvalue weighted by Gasteiger charge is 2.37. The van der Waals surface area contributed by atoms with Crippen LogP contribution < -0.4 is 49.5 Å². The quantitative estimate of drug-likeness (QED) is 0.0641. The highest BCUT2D eigenvalue weighted by molar-refractivity contribution is 5.99. The second-order valence-electron chi connectivity index (χ2n) is 11.3. The van der Waals surface area contributed by atoms with Gasteiger partial charge in [0.05, 0.1) is 62.8 Å².